The number of nitrogens with zero attached hydrogens (tertiary/aromatic N) is 4. The average molecular weight is 376 g/mol. The van der Waals surface area contributed by atoms with E-state index in [1.807, 2.05) is 0 Å². The molecule has 0 aliphatic carbocycles. The smallest absolute Gasteiger partial charge is 0.286 e. The van der Waals surface area contributed by atoms with Gasteiger partial charge < -0.3 is 0 Å². The Morgan fingerprint density at radius 1 is 1.25 bits per heavy atom. The van der Waals surface area contributed by atoms with E-state index in [4.69, 9.17) is 11.6 Å². The van der Waals surface area contributed by atoms with Crippen molar-refractivity contribution < 1.29 is 4.57 Å². The highest BCUT2D eigenvalue weighted by molar-refractivity contribution is 8.24. The first kappa shape index (κ1) is 17.4. The zero-order valence-corrected chi connectivity index (χ0v) is 13.8. The van der Waals surface area contributed by atoms with Crippen molar-refractivity contribution >= 4 is 50.5 Å². The minimum Gasteiger partial charge on any atom is -0.286 e. The van der Waals surface area contributed by atoms with Crippen LogP contribution >= 0.6 is 50.5 Å². The van der Waals surface area contributed by atoms with Crippen LogP contribution < -0.4 is 5.56 Å². The first-order valence-corrected chi connectivity index (χ1v) is 9.67. The molecule has 0 amide bonds. The van der Waals surface area contributed by atoms with Crippen LogP contribution in [0, 0.1) is 0 Å². The Bertz CT molecular complexity index is 680. The summed E-state index contributed by atoms with van der Waals surface area (Å²) < 4.78 is 10.8. The van der Waals surface area contributed by atoms with Gasteiger partial charge in [-0.25, -0.2) is 15.0 Å². The van der Waals surface area contributed by atoms with Gasteiger partial charge in [-0.15, -0.1) is 0 Å². The van der Waals surface area contributed by atoms with Crippen molar-refractivity contribution in [3.05, 3.63) is 40.3 Å². The van der Waals surface area contributed by atoms with Crippen LogP contribution in [0.15, 0.2) is 29.5 Å². The lowest BCUT2D eigenvalue weighted by atomic mass is 10.3. The number of hydrogen-bond donors (Lipinski definition) is 0. The number of aromatic nitrogens is 4. The van der Waals surface area contributed by atoms with Crippen LogP contribution in [0.3, 0.4) is 0 Å². The van der Waals surface area contributed by atoms with Gasteiger partial charge in [0, 0.05) is 19.3 Å². The molecular formula is C9H7Cl4N4O2P. The predicted molar refractivity (Wildman–Crippen MR) is 80.7 cm³/mol. The molecule has 20 heavy (non-hydrogen) atoms. The molecule has 0 aliphatic heterocycles. The molecule has 0 unspecified atom stereocenters. The van der Waals surface area contributed by atoms with Crippen LogP contribution in [-0.2, 0) is 11.6 Å². The molecule has 0 N–H and O–H groups in total. The Balaban J connectivity index is 0.000000347. The second-order valence-corrected chi connectivity index (χ2v) is 10.3. The molecule has 11 heteroatoms. The van der Waals surface area contributed by atoms with Crippen LogP contribution in [0.1, 0.15) is 0 Å². The van der Waals surface area contributed by atoms with Crippen molar-refractivity contribution in [3.8, 4) is 11.4 Å². The summed E-state index contributed by atoms with van der Waals surface area (Å²) in [7, 11) is 1.56. The second kappa shape index (κ2) is 7.38. The first-order chi connectivity index (χ1) is 9.18. The Hall–Kier alpha value is -0.650. The Kier molecular flexibility index (Phi) is 6.43. The molecular weight excluding hydrogens is 369 g/mol. The zero-order valence-electron chi connectivity index (χ0n) is 9.87. The van der Waals surface area contributed by atoms with Crippen molar-refractivity contribution in [1.82, 2.24) is 19.5 Å². The van der Waals surface area contributed by atoms with Crippen LogP contribution in [-0.4, -0.2) is 19.5 Å². The van der Waals surface area contributed by atoms with Gasteiger partial charge in [0.05, 0.1) is 11.4 Å². The standard InChI is InChI=1S/C9H7ClN4O.Cl3OP/c1-14-8(15)4-7(13-9(14)10)6-2-3-11-5-12-6;1-5(2,3)4/h2-5H,1H3;. The number of hydrogen-bond acceptors (Lipinski definition) is 5. The zero-order chi connectivity index (χ0) is 15.3. The van der Waals surface area contributed by atoms with Crippen LogP contribution in [0.4, 0.5) is 0 Å². The Morgan fingerprint density at radius 2 is 1.85 bits per heavy atom. The molecule has 0 aliphatic rings. The summed E-state index contributed by atoms with van der Waals surface area (Å²) in [6.07, 6.45) is 2.97. The van der Waals surface area contributed by atoms with Gasteiger partial charge in [-0.3, -0.25) is 13.9 Å². The number of halogens is 4. The van der Waals surface area contributed by atoms with Gasteiger partial charge >= 0.3 is 5.20 Å². The molecule has 2 heterocycles. The summed E-state index contributed by atoms with van der Waals surface area (Å²) in [5, 5.41) is -3.09. The summed E-state index contributed by atoms with van der Waals surface area (Å²) >= 11 is 19.6. The molecule has 0 aromatic carbocycles. The highest BCUT2D eigenvalue weighted by atomic mass is 36.0. The van der Waals surface area contributed by atoms with E-state index >= 15 is 0 Å². The molecule has 0 bridgehead atoms. The number of rotatable bonds is 1. The van der Waals surface area contributed by atoms with Gasteiger partial charge in [0.15, 0.2) is 0 Å². The molecule has 0 saturated carbocycles. The maximum atomic E-state index is 11.4. The molecule has 2 aromatic heterocycles. The van der Waals surface area contributed by atoms with E-state index in [2.05, 4.69) is 48.7 Å². The first-order valence-electron chi connectivity index (χ1n) is 4.87. The van der Waals surface area contributed by atoms with E-state index < -0.39 is 5.20 Å². The molecule has 0 radical (unpaired) electrons. The molecule has 0 saturated heterocycles. The molecule has 2 aromatic rings. The molecule has 6 nitrogen and oxygen atoms in total. The van der Waals surface area contributed by atoms with Crippen LogP contribution in [0.5, 0.6) is 0 Å². The second-order valence-electron chi connectivity index (χ2n) is 3.30. The van der Waals surface area contributed by atoms with E-state index in [0.29, 0.717) is 11.4 Å². The Labute approximate surface area is 133 Å². The highest BCUT2D eigenvalue weighted by Gasteiger charge is 2.06. The average Bonchev–Trinajstić information content (AvgIpc) is 2.34. The summed E-state index contributed by atoms with van der Waals surface area (Å²) in [6.45, 7) is 0. The lowest BCUT2D eigenvalue weighted by Crippen LogP contribution is -2.17. The molecule has 108 valence electrons. The monoisotopic (exact) mass is 374 g/mol. The fourth-order valence-corrected chi connectivity index (χ4v) is 1.26. The molecule has 0 atom stereocenters. The molecule has 0 spiro atoms. The largest absolute Gasteiger partial charge is 0.339 e. The minimum atomic E-state index is -3.22. The fraction of sp³-hybridized carbons (Fsp3) is 0.111. The van der Waals surface area contributed by atoms with Crippen molar-refractivity contribution in [2.24, 2.45) is 7.05 Å². The quantitative estimate of drug-likeness (QED) is 0.560. The van der Waals surface area contributed by atoms with E-state index in [0.717, 1.165) is 0 Å². The van der Waals surface area contributed by atoms with Crippen molar-refractivity contribution in [2.45, 2.75) is 0 Å². The third kappa shape index (κ3) is 6.20. The molecule has 2 rings (SSSR count). The van der Waals surface area contributed by atoms with Crippen LogP contribution in [0.2, 0.25) is 5.28 Å². The fourth-order valence-electron chi connectivity index (χ4n) is 1.08. The lowest BCUT2D eigenvalue weighted by molar-refractivity contribution is 0.600. The van der Waals surface area contributed by atoms with E-state index in [1.54, 1.807) is 19.3 Å². The van der Waals surface area contributed by atoms with Gasteiger partial charge in [0.25, 0.3) is 5.56 Å². The maximum Gasteiger partial charge on any atom is 0.339 e. The van der Waals surface area contributed by atoms with Crippen LogP contribution in [0.25, 0.3) is 11.4 Å². The SMILES string of the molecule is Cn1c(Cl)nc(-c2ccncn2)cc1=O.O=P(Cl)(Cl)Cl. The van der Waals surface area contributed by atoms with E-state index in [1.165, 1.54) is 17.0 Å². The Morgan fingerprint density at radius 3 is 2.30 bits per heavy atom. The van der Waals surface area contributed by atoms with E-state index in [9.17, 15) is 9.36 Å². The summed E-state index contributed by atoms with van der Waals surface area (Å²) in [6, 6.07) is 3.05. The lowest BCUT2D eigenvalue weighted by Gasteiger charge is -2.02. The summed E-state index contributed by atoms with van der Waals surface area (Å²) in [5.41, 5.74) is 0.804. The predicted octanol–water partition coefficient (Wildman–Crippen LogP) is 3.70. The van der Waals surface area contributed by atoms with Crippen molar-refractivity contribution in [3.63, 3.8) is 0 Å². The maximum absolute atomic E-state index is 11.4. The van der Waals surface area contributed by atoms with Gasteiger partial charge in [-0.05, 0) is 51.4 Å². The highest BCUT2D eigenvalue weighted by Crippen LogP contribution is 2.61. The van der Waals surface area contributed by atoms with Gasteiger partial charge in [-0.1, -0.05) is 0 Å². The topological polar surface area (TPSA) is 77.7 Å². The minimum absolute atomic E-state index is 0.135. The van der Waals surface area contributed by atoms with Crippen molar-refractivity contribution in [1.29, 1.82) is 0 Å². The van der Waals surface area contributed by atoms with Gasteiger partial charge in [0.2, 0.25) is 5.28 Å². The normalized spacial score (nSPS) is 10.7. The third-order valence-corrected chi connectivity index (χ3v) is 2.26. The molecule has 0 fully saturated rings. The van der Waals surface area contributed by atoms with Gasteiger partial charge in [0.1, 0.15) is 6.33 Å². The van der Waals surface area contributed by atoms with Crippen molar-refractivity contribution in [2.75, 3.05) is 0 Å². The van der Waals surface area contributed by atoms with E-state index in [-0.39, 0.29) is 10.8 Å². The summed E-state index contributed by atoms with van der Waals surface area (Å²) in [4.78, 5) is 23.2. The summed E-state index contributed by atoms with van der Waals surface area (Å²) in [5.74, 6) is 0. The third-order valence-electron chi connectivity index (χ3n) is 1.92. The van der Waals surface area contributed by atoms with Gasteiger partial charge in [-0.2, -0.15) is 0 Å².